The fourth-order valence-corrected chi connectivity index (χ4v) is 5.32. The first-order valence-electron chi connectivity index (χ1n) is 7.56. The van der Waals surface area contributed by atoms with Gasteiger partial charge < -0.3 is 5.32 Å². The zero-order chi connectivity index (χ0) is 14.9. The molecule has 1 saturated heterocycles. The second-order valence-electron chi connectivity index (χ2n) is 6.70. The van der Waals surface area contributed by atoms with Crippen LogP contribution in [0.25, 0.3) is 5.32 Å². The average molecular weight is 483 g/mol. The van der Waals surface area contributed by atoms with Crippen LogP contribution in [0, 0.1) is 29.6 Å². The summed E-state index contributed by atoms with van der Waals surface area (Å²) < 4.78 is 0. The Balaban J connectivity index is 0.000000328. The van der Waals surface area contributed by atoms with Crippen LogP contribution in [0.3, 0.4) is 0 Å². The van der Waals surface area contributed by atoms with E-state index in [1.165, 1.54) is 32.1 Å². The third kappa shape index (κ3) is 4.84. The van der Waals surface area contributed by atoms with E-state index in [2.05, 4.69) is 29.8 Å². The van der Waals surface area contributed by atoms with Gasteiger partial charge in [0.2, 0.25) is 0 Å². The molecule has 20 heavy (non-hydrogen) atoms. The molecule has 3 rings (SSSR count). The second kappa shape index (κ2) is 8.34. The molecular formula is C14H23BrCl3NZr-. The summed E-state index contributed by atoms with van der Waals surface area (Å²) >= 11 is 1.56. The molecule has 7 atom stereocenters. The quantitative estimate of drug-likeness (QED) is 0.272. The van der Waals surface area contributed by atoms with Crippen molar-refractivity contribution in [2.45, 2.75) is 56.9 Å². The van der Waals surface area contributed by atoms with Crippen molar-refractivity contribution in [2.24, 2.45) is 29.6 Å². The fourth-order valence-electron chi connectivity index (χ4n) is 4.75. The third-order valence-electron chi connectivity index (χ3n) is 5.47. The molecular weight excluding hydrogens is 460 g/mol. The number of rotatable bonds is 0. The molecule has 3 aliphatic rings. The van der Waals surface area contributed by atoms with Gasteiger partial charge in [-0.05, 0) is 36.5 Å². The van der Waals surface area contributed by atoms with E-state index >= 15 is 0 Å². The van der Waals surface area contributed by atoms with Gasteiger partial charge in [-0.3, -0.25) is 0 Å². The number of hydrogen-bond acceptors (Lipinski definition) is 0. The molecule has 1 aliphatic heterocycles. The zero-order valence-electron chi connectivity index (χ0n) is 12.0. The monoisotopic (exact) mass is 479 g/mol. The number of halogens is 4. The second-order valence-corrected chi connectivity index (χ2v) is 19.0. The van der Waals surface area contributed by atoms with Gasteiger partial charge in [-0.25, -0.2) is 0 Å². The Kier molecular flexibility index (Phi) is 7.73. The Morgan fingerprint density at radius 3 is 2.30 bits per heavy atom. The molecule has 0 amide bonds. The van der Waals surface area contributed by atoms with Crippen LogP contribution in [0.5, 0.6) is 0 Å². The predicted molar refractivity (Wildman–Crippen MR) is 89.3 cm³/mol. The van der Waals surface area contributed by atoms with Crippen molar-refractivity contribution in [3.8, 4) is 0 Å². The first-order chi connectivity index (χ1) is 9.38. The van der Waals surface area contributed by atoms with Crippen molar-refractivity contribution in [2.75, 3.05) is 0 Å². The van der Waals surface area contributed by atoms with E-state index in [9.17, 15) is 0 Å². The summed E-state index contributed by atoms with van der Waals surface area (Å²) in [4.78, 5) is 0.455. The van der Waals surface area contributed by atoms with Crippen molar-refractivity contribution in [1.29, 1.82) is 0 Å². The van der Waals surface area contributed by atoms with Crippen molar-refractivity contribution in [3.05, 3.63) is 5.32 Å². The Hall–Kier alpha value is 2.19. The molecule has 0 spiro atoms. The van der Waals surface area contributed by atoms with Crippen LogP contribution < -0.4 is 0 Å². The average Bonchev–Trinajstić information content (AvgIpc) is 2.69. The maximum absolute atomic E-state index is 5.00. The predicted octanol–water partition coefficient (Wildman–Crippen LogP) is 6.63. The third-order valence-corrected chi connectivity index (χ3v) is 6.16. The number of fused-ring (bicyclic) bond motifs is 2. The normalized spacial score (nSPS) is 46.8. The molecule has 6 heteroatoms. The van der Waals surface area contributed by atoms with Crippen molar-refractivity contribution < 1.29 is 18.2 Å². The minimum atomic E-state index is -2.13. The van der Waals surface area contributed by atoms with Gasteiger partial charge >= 0.3 is 43.7 Å². The maximum atomic E-state index is 5.00. The van der Waals surface area contributed by atoms with E-state index < -0.39 is 18.2 Å². The molecule has 3 fully saturated rings. The van der Waals surface area contributed by atoms with Gasteiger partial charge in [0.15, 0.2) is 0 Å². The van der Waals surface area contributed by atoms with Gasteiger partial charge in [0, 0.05) is 0 Å². The summed E-state index contributed by atoms with van der Waals surface area (Å²) in [5.74, 6) is 4.82. The van der Waals surface area contributed by atoms with Crippen LogP contribution in [0.1, 0.15) is 46.0 Å². The summed E-state index contributed by atoms with van der Waals surface area (Å²) in [7, 11) is 15.0. The minimum absolute atomic E-state index is 0.455. The van der Waals surface area contributed by atoms with Crippen molar-refractivity contribution in [3.63, 3.8) is 0 Å². The first kappa shape index (κ1) is 18.5. The molecule has 0 bridgehead atoms. The number of alkyl halides is 1. The standard InChI is InChI=1S/C14H23BrN.3ClH.Zr/c1-8-5-10-7-13-11(3-4-14(15)16-13)9(2)12(10)6-8;;;;/h8-14H,3-7H2,1-2H3;3*1H;/q-1;;;;+3/p-3. The topological polar surface area (TPSA) is 14.1 Å². The molecule has 1 heterocycles. The van der Waals surface area contributed by atoms with Gasteiger partial charge in [0.25, 0.3) is 0 Å². The van der Waals surface area contributed by atoms with Crippen LogP contribution in [-0.4, -0.2) is 11.0 Å². The van der Waals surface area contributed by atoms with Crippen LogP contribution in [-0.2, 0) is 18.2 Å². The molecule has 1 nitrogen and oxygen atoms in total. The molecule has 117 valence electrons. The van der Waals surface area contributed by atoms with Gasteiger partial charge in [-0.2, -0.15) is 0 Å². The van der Waals surface area contributed by atoms with E-state index in [0.29, 0.717) is 11.0 Å². The molecule has 0 aromatic heterocycles. The van der Waals surface area contributed by atoms with Crippen molar-refractivity contribution in [1.82, 2.24) is 0 Å². The van der Waals surface area contributed by atoms with Crippen LogP contribution in [0.4, 0.5) is 0 Å². The van der Waals surface area contributed by atoms with Gasteiger partial charge in [0.05, 0.1) is 0 Å². The van der Waals surface area contributed by atoms with Crippen LogP contribution >= 0.6 is 41.5 Å². The Morgan fingerprint density at radius 1 is 1.00 bits per heavy atom. The fraction of sp³-hybridized carbons (Fsp3) is 1.00. The Labute approximate surface area is 150 Å². The first-order valence-corrected chi connectivity index (χ1v) is 18.0. The number of hydrogen-bond donors (Lipinski definition) is 0. The van der Waals surface area contributed by atoms with E-state index in [-0.39, 0.29) is 0 Å². The molecule has 0 N–H and O–H groups in total. The molecule has 7 unspecified atom stereocenters. The van der Waals surface area contributed by atoms with Crippen molar-refractivity contribution >= 4 is 41.5 Å². The van der Waals surface area contributed by atoms with Gasteiger partial charge in [-0.1, -0.05) is 44.0 Å². The van der Waals surface area contributed by atoms with Crippen LogP contribution in [0.2, 0.25) is 0 Å². The number of nitrogens with zero attached hydrogens (tertiary/aromatic N) is 1. The van der Waals surface area contributed by atoms with E-state index in [4.69, 9.17) is 30.9 Å². The van der Waals surface area contributed by atoms with Gasteiger partial charge in [-0.15, -0.1) is 22.0 Å². The summed E-state index contributed by atoms with van der Waals surface area (Å²) in [6, 6.07) is 0.680. The number of piperidine rings is 1. The SMILES string of the molecule is CC1CC2CC3[N-]C(Br)CCC3C(C)C2C1.[Cl][Zr]([Cl])[Cl]. The molecule has 2 saturated carbocycles. The van der Waals surface area contributed by atoms with E-state index in [0.717, 1.165) is 29.6 Å². The Morgan fingerprint density at radius 2 is 1.65 bits per heavy atom. The van der Waals surface area contributed by atoms with Gasteiger partial charge in [0.1, 0.15) is 0 Å². The molecule has 0 aromatic rings. The summed E-state index contributed by atoms with van der Waals surface area (Å²) in [6.07, 6.45) is 7.03. The van der Waals surface area contributed by atoms with E-state index in [1.807, 2.05) is 0 Å². The van der Waals surface area contributed by atoms with E-state index in [1.54, 1.807) is 0 Å². The summed E-state index contributed by atoms with van der Waals surface area (Å²) in [5.41, 5.74) is 0. The Bertz CT molecular complexity index is 316. The summed E-state index contributed by atoms with van der Waals surface area (Å²) in [5, 5.41) is 4.96. The molecule has 0 radical (unpaired) electrons. The van der Waals surface area contributed by atoms with Crippen LogP contribution in [0.15, 0.2) is 0 Å². The molecule has 2 aliphatic carbocycles. The zero-order valence-corrected chi connectivity index (χ0v) is 18.3. The molecule has 0 aromatic carbocycles. The summed E-state index contributed by atoms with van der Waals surface area (Å²) in [6.45, 7) is 4.95.